The first-order chi connectivity index (χ1) is 11.6. The summed E-state index contributed by atoms with van der Waals surface area (Å²) in [5, 5.41) is 0.756. The van der Waals surface area contributed by atoms with E-state index < -0.39 is 0 Å². The number of nitrogens with zero attached hydrogens (tertiary/aromatic N) is 3. The van der Waals surface area contributed by atoms with Crippen molar-refractivity contribution >= 4 is 23.4 Å². The first kappa shape index (κ1) is 16.8. The number of halogens is 1. The molecule has 6 heteroatoms. The molecule has 2 N–H and O–H groups in total. The number of aromatic nitrogens is 2. The quantitative estimate of drug-likeness (QED) is 0.904. The van der Waals surface area contributed by atoms with E-state index in [1.807, 2.05) is 31.2 Å². The van der Waals surface area contributed by atoms with Gasteiger partial charge in [0.2, 0.25) is 5.95 Å². The van der Waals surface area contributed by atoms with Crippen molar-refractivity contribution in [3.05, 3.63) is 40.5 Å². The van der Waals surface area contributed by atoms with Crippen LogP contribution in [0.4, 0.5) is 11.8 Å². The maximum Gasteiger partial charge on any atom is 0.222 e. The van der Waals surface area contributed by atoms with Crippen LogP contribution in [0.1, 0.15) is 43.0 Å². The fourth-order valence-corrected chi connectivity index (χ4v) is 3.58. The van der Waals surface area contributed by atoms with E-state index in [2.05, 4.69) is 14.9 Å². The number of hydrogen-bond donors (Lipinski definition) is 1. The van der Waals surface area contributed by atoms with E-state index in [1.165, 1.54) is 6.42 Å². The number of hydrogen-bond acceptors (Lipinski definition) is 5. The highest BCUT2D eigenvalue weighted by Crippen LogP contribution is 2.38. The molecule has 5 nitrogen and oxygen atoms in total. The van der Waals surface area contributed by atoms with E-state index in [0.717, 1.165) is 53.7 Å². The molecule has 1 unspecified atom stereocenters. The fourth-order valence-electron chi connectivity index (χ4n) is 3.33. The minimum atomic E-state index is 0.156. The summed E-state index contributed by atoms with van der Waals surface area (Å²) >= 11 is 6.52. The first-order valence-corrected chi connectivity index (χ1v) is 8.67. The summed E-state index contributed by atoms with van der Waals surface area (Å²) in [4.78, 5) is 11.0. The Balaban J connectivity index is 2.05. The van der Waals surface area contributed by atoms with Crippen molar-refractivity contribution in [2.24, 2.45) is 0 Å². The Kier molecular flexibility index (Phi) is 5.09. The van der Waals surface area contributed by atoms with Crippen LogP contribution in [-0.4, -0.2) is 23.6 Å². The molecule has 3 rings (SSSR count). The van der Waals surface area contributed by atoms with Gasteiger partial charge in [0.25, 0.3) is 0 Å². The van der Waals surface area contributed by atoms with Gasteiger partial charge in [-0.15, -0.1) is 0 Å². The van der Waals surface area contributed by atoms with Crippen molar-refractivity contribution < 1.29 is 4.74 Å². The van der Waals surface area contributed by atoms with Crippen molar-refractivity contribution in [1.82, 2.24) is 9.97 Å². The van der Waals surface area contributed by atoms with Crippen molar-refractivity contribution in [2.45, 2.75) is 38.6 Å². The molecule has 1 aliphatic heterocycles. The van der Waals surface area contributed by atoms with Crippen LogP contribution in [0.3, 0.4) is 0 Å². The number of methoxy groups -OCH3 is 1. The third kappa shape index (κ3) is 3.56. The lowest BCUT2D eigenvalue weighted by Crippen LogP contribution is -2.30. The van der Waals surface area contributed by atoms with E-state index in [1.54, 1.807) is 7.11 Å². The Bertz CT molecular complexity index is 702. The number of ether oxygens (including phenoxy) is 1. The summed E-state index contributed by atoms with van der Waals surface area (Å²) in [5.74, 6) is 1.99. The maximum absolute atomic E-state index is 6.52. The van der Waals surface area contributed by atoms with Gasteiger partial charge in [-0.05, 0) is 43.5 Å². The minimum absolute atomic E-state index is 0.156. The summed E-state index contributed by atoms with van der Waals surface area (Å²) in [6.07, 6.45) is 4.51. The second-order valence-electron chi connectivity index (χ2n) is 6.17. The molecule has 1 aromatic carbocycles. The SMILES string of the molecule is COc1ccc(Cl)c(C2CCCCCN2c2cc(C)nc(N)n2)c1. The number of benzene rings is 1. The van der Waals surface area contributed by atoms with E-state index in [4.69, 9.17) is 22.1 Å². The molecule has 1 saturated heterocycles. The lowest BCUT2D eigenvalue weighted by Gasteiger charge is -2.32. The van der Waals surface area contributed by atoms with Gasteiger partial charge >= 0.3 is 0 Å². The number of anilines is 2. The van der Waals surface area contributed by atoms with Crippen LogP contribution in [0.15, 0.2) is 24.3 Å². The molecule has 0 aliphatic carbocycles. The molecule has 128 valence electrons. The molecule has 1 fully saturated rings. The third-order valence-electron chi connectivity index (χ3n) is 4.47. The van der Waals surface area contributed by atoms with Gasteiger partial charge < -0.3 is 15.4 Å². The van der Waals surface area contributed by atoms with Crippen LogP contribution in [0.2, 0.25) is 5.02 Å². The van der Waals surface area contributed by atoms with Gasteiger partial charge in [0, 0.05) is 23.3 Å². The highest BCUT2D eigenvalue weighted by molar-refractivity contribution is 6.31. The minimum Gasteiger partial charge on any atom is -0.497 e. The molecule has 24 heavy (non-hydrogen) atoms. The van der Waals surface area contributed by atoms with E-state index >= 15 is 0 Å². The number of nitrogens with two attached hydrogens (primary N) is 1. The second-order valence-corrected chi connectivity index (χ2v) is 6.58. The molecule has 1 aromatic heterocycles. The fraction of sp³-hybridized carbons (Fsp3) is 0.444. The first-order valence-electron chi connectivity index (χ1n) is 8.29. The zero-order valence-corrected chi connectivity index (χ0v) is 14.9. The van der Waals surface area contributed by atoms with Crippen molar-refractivity contribution in [3.63, 3.8) is 0 Å². The van der Waals surface area contributed by atoms with Gasteiger partial charge in [0.05, 0.1) is 13.2 Å². The Labute approximate surface area is 147 Å². The molecule has 0 spiro atoms. The Morgan fingerprint density at radius 3 is 2.79 bits per heavy atom. The Morgan fingerprint density at radius 1 is 1.21 bits per heavy atom. The van der Waals surface area contributed by atoms with Gasteiger partial charge in [-0.3, -0.25) is 0 Å². The largest absolute Gasteiger partial charge is 0.497 e. The molecular weight excluding hydrogens is 324 g/mol. The molecule has 1 atom stereocenters. The van der Waals surface area contributed by atoms with Gasteiger partial charge in [-0.1, -0.05) is 24.4 Å². The van der Waals surface area contributed by atoms with Crippen molar-refractivity contribution in [2.75, 3.05) is 24.3 Å². The van der Waals surface area contributed by atoms with Gasteiger partial charge in [-0.25, -0.2) is 4.98 Å². The van der Waals surface area contributed by atoms with E-state index in [-0.39, 0.29) is 6.04 Å². The van der Waals surface area contributed by atoms with Crippen molar-refractivity contribution in [3.8, 4) is 5.75 Å². The lowest BCUT2D eigenvalue weighted by molar-refractivity contribution is 0.413. The lowest BCUT2D eigenvalue weighted by atomic mass is 10.00. The monoisotopic (exact) mass is 346 g/mol. The average molecular weight is 347 g/mol. The van der Waals surface area contributed by atoms with Crippen LogP contribution in [0.25, 0.3) is 0 Å². The zero-order valence-electron chi connectivity index (χ0n) is 14.1. The molecule has 0 radical (unpaired) electrons. The smallest absolute Gasteiger partial charge is 0.222 e. The van der Waals surface area contributed by atoms with Crippen LogP contribution in [0, 0.1) is 6.92 Å². The maximum atomic E-state index is 6.52. The molecule has 1 aliphatic rings. The Hall–Kier alpha value is -2.01. The molecular formula is C18H23ClN4O. The molecule has 2 heterocycles. The van der Waals surface area contributed by atoms with Gasteiger partial charge in [0.15, 0.2) is 0 Å². The number of rotatable bonds is 3. The third-order valence-corrected chi connectivity index (χ3v) is 4.81. The summed E-state index contributed by atoms with van der Waals surface area (Å²) in [6.45, 7) is 2.86. The van der Waals surface area contributed by atoms with E-state index in [0.29, 0.717) is 5.95 Å². The zero-order chi connectivity index (χ0) is 17.1. The predicted molar refractivity (Wildman–Crippen MR) is 97.7 cm³/mol. The van der Waals surface area contributed by atoms with E-state index in [9.17, 15) is 0 Å². The van der Waals surface area contributed by atoms with Crippen LogP contribution in [0.5, 0.6) is 5.75 Å². The van der Waals surface area contributed by atoms with Gasteiger partial charge in [0.1, 0.15) is 11.6 Å². The summed E-state index contributed by atoms with van der Waals surface area (Å²) in [5.41, 5.74) is 7.82. The van der Waals surface area contributed by atoms with Crippen LogP contribution in [-0.2, 0) is 0 Å². The standard InChI is InChI=1S/C18H23ClN4O/c1-12-10-17(22-18(20)21-12)23-9-5-3-4-6-16(23)14-11-13(24-2)7-8-15(14)19/h7-8,10-11,16H,3-6,9H2,1-2H3,(H2,20,21,22). The summed E-state index contributed by atoms with van der Waals surface area (Å²) in [7, 11) is 1.67. The van der Waals surface area contributed by atoms with Crippen LogP contribution >= 0.6 is 11.6 Å². The molecule has 2 aromatic rings. The number of aryl methyl sites for hydroxylation is 1. The topological polar surface area (TPSA) is 64.3 Å². The van der Waals surface area contributed by atoms with Gasteiger partial charge in [-0.2, -0.15) is 4.98 Å². The second kappa shape index (κ2) is 7.26. The molecule has 0 bridgehead atoms. The summed E-state index contributed by atoms with van der Waals surface area (Å²) in [6, 6.07) is 7.97. The molecule has 0 saturated carbocycles. The summed E-state index contributed by atoms with van der Waals surface area (Å²) < 4.78 is 5.39. The Morgan fingerprint density at radius 2 is 2.04 bits per heavy atom. The predicted octanol–water partition coefficient (Wildman–Crippen LogP) is 4.15. The molecule has 0 amide bonds. The van der Waals surface area contributed by atoms with Crippen LogP contribution < -0.4 is 15.4 Å². The van der Waals surface area contributed by atoms with Crippen molar-refractivity contribution in [1.29, 1.82) is 0 Å². The normalized spacial score (nSPS) is 18.3. The highest BCUT2D eigenvalue weighted by atomic mass is 35.5. The highest BCUT2D eigenvalue weighted by Gasteiger charge is 2.26. The number of nitrogen functional groups attached to an aromatic ring is 1. The average Bonchev–Trinajstić information content (AvgIpc) is 2.80.